The Bertz CT molecular complexity index is 2970. The minimum Gasteiger partial charge on any atom is -0.496 e. The van der Waals surface area contributed by atoms with Crippen LogP contribution in [-0.4, -0.2) is 138 Å². The largest absolute Gasteiger partial charge is 0.496 e. The van der Waals surface area contributed by atoms with Gasteiger partial charge in [-0.3, -0.25) is 19.2 Å². The molecule has 0 radical (unpaired) electrons. The SMILES string of the molecule is C.C.C.C.C.C.C.C.COc1cc(CCC(=O)O)ccc1CCC(=O)O.COc1cc(CCC=O)ccc1CCC=O.COc1cc(CCCO)ccc1CCCO.O=C(O)CCc1ccc(CCC(=O)O)cc1.O=CCCc1ccc(CCC=O)cc1.OCCCc1ccc(CCCO)cc1. The van der Waals surface area contributed by atoms with E-state index in [1.165, 1.54) is 34.9 Å². The van der Waals surface area contributed by atoms with Gasteiger partial charge in [-0.25, -0.2) is 0 Å². The van der Waals surface area contributed by atoms with E-state index in [1.807, 2.05) is 84.9 Å². The Labute approximate surface area is 612 Å². The Hall–Kier alpha value is -8.88. The summed E-state index contributed by atoms with van der Waals surface area (Å²) in [4.78, 5) is 82.6. The van der Waals surface area contributed by atoms with Crippen molar-refractivity contribution >= 4 is 49.0 Å². The predicted molar refractivity (Wildman–Crippen MR) is 415 cm³/mol. The Morgan fingerprint density at radius 3 is 0.755 bits per heavy atom. The van der Waals surface area contributed by atoms with Crippen LogP contribution in [0.2, 0.25) is 0 Å². The van der Waals surface area contributed by atoms with Crippen molar-refractivity contribution in [3.63, 3.8) is 0 Å². The fourth-order valence-corrected chi connectivity index (χ4v) is 9.08. The van der Waals surface area contributed by atoms with E-state index >= 15 is 0 Å². The first kappa shape index (κ1) is 109. The molecule has 0 aliphatic heterocycles. The number of rotatable bonds is 39. The highest BCUT2D eigenvalue weighted by Crippen LogP contribution is 2.25. The third kappa shape index (κ3) is 53.0. The van der Waals surface area contributed by atoms with Gasteiger partial charge in [0.05, 0.1) is 21.3 Å². The molecule has 0 fully saturated rings. The maximum absolute atomic E-state index is 10.5. The lowest BCUT2D eigenvalue weighted by atomic mass is 10.0. The van der Waals surface area contributed by atoms with Crippen LogP contribution in [0.5, 0.6) is 17.2 Å². The van der Waals surface area contributed by atoms with Gasteiger partial charge in [-0.05, 0) is 188 Å². The number of carbonyl (C=O) groups excluding carboxylic acids is 4. The standard InChI is InChI=1S/C13H16O5.C13H20O3.C13H16O3.C12H14O4.C12H18O2.C12H14O2.8CH4/c1-18-11-8-9(3-6-12(14)15)2-4-10(11)5-7-13(16)17;2*1-16-13-10-11(4-2-8-14)6-7-12(13)5-3-9-15;13-11(14)7-5-9-1-2-10(4-3-9)6-8-12(15)16;2*13-9-1-3-11-5-7-12(8-6-11)4-2-10-14;;;;;;;;/h2,4,8H,3,5-7H2,1H3,(H,14,15)(H,16,17);6-7,10,14-15H,2-5,8-9H2,1H3;6-10H,2-5H2,1H3;1-4H,5-8H2,(H,13,14)(H,15,16);5-8,13-14H,1-4,9-10H2;5-10H,1-4H2;8*1H4. The van der Waals surface area contributed by atoms with Crippen LogP contribution in [0.25, 0.3) is 0 Å². The molecule has 0 amide bonds. The quantitative estimate of drug-likeness (QED) is 0.0166. The molecule has 8 N–H and O–H groups in total. The van der Waals surface area contributed by atoms with Crippen molar-refractivity contribution in [2.75, 3.05) is 47.8 Å². The van der Waals surface area contributed by atoms with E-state index in [0.29, 0.717) is 63.5 Å². The molecule has 102 heavy (non-hydrogen) atoms. The second-order valence-electron chi connectivity index (χ2n) is 21.6. The van der Waals surface area contributed by atoms with E-state index in [-0.39, 0.29) is 112 Å². The summed E-state index contributed by atoms with van der Waals surface area (Å²) < 4.78 is 15.8. The summed E-state index contributed by atoms with van der Waals surface area (Å²) in [6, 6.07) is 41.2. The fraction of sp³-hybridized carbons (Fsp3) is 0.470. The van der Waals surface area contributed by atoms with Gasteiger partial charge in [-0.15, -0.1) is 0 Å². The molecule has 0 spiro atoms. The van der Waals surface area contributed by atoms with Crippen LogP contribution in [0.1, 0.15) is 203 Å². The van der Waals surface area contributed by atoms with Crippen LogP contribution < -0.4 is 14.2 Å². The number of ether oxygens (including phenoxy) is 3. The zero-order valence-corrected chi connectivity index (χ0v) is 54.8. The number of aliphatic hydroxyl groups excluding tert-OH is 4. The Morgan fingerprint density at radius 1 is 0.275 bits per heavy atom. The topological polar surface area (TPSA) is 326 Å². The van der Waals surface area contributed by atoms with Crippen molar-refractivity contribution in [3.8, 4) is 17.2 Å². The summed E-state index contributed by atoms with van der Waals surface area (Å²) in [5.74, 6) is -1.03. The third-order valence-corrected chi connectivity index (χ3v) is 14.3. The van der Waals surface area contributed by atoms with E-state index in [2.05, 4.69) is 30.3 Å². The lowest BCUT2D eigenvalue weighted by Gasteiger charge is -2.10. The Balaban J connectivity index is -0.000000171. The molecule has 0 aliphatic rings. The molecule has 6 aromatic rings. The highest BCUT2D eigenvalue weighted by atomic mass is 16.5. The van der Waals surface area contributed by atoms with Crippen molar-refractivity contribution in [3.05, 3.63) is 194 Å². The zero-order valence-electron chi connectivity index (χ0n) is 54.8. The molecule has 576 valence electrons. The summed E-state index contributed by atoms with van der Waals surface area (Å²) in [5.41, 5.74) is 12.9. The number of carboxylic acids is 4. The summed E-state index contributed by atoms with van der Waals surface area (Å²) in [5, 5.41) is 69.2. The fourth-order valence-electron chi connectivity index (χ4n) is 9.08. The number of carboxylic acid groups (broad SMARTS) is 4. The maximum atomic E-state index is 10.5. The summed E-state index contributed by atoms with van der Waals surface area (Å²) in [6.07, 6.45) is 17.9. The molecular formula is C83H130O19. The van der Waals surface area contributed by atoms with Crippen molar-refractivity contribution in [1.82, 2.24) is 0 Å². The minimum atomic E-state index is -0.855. The van der Waals surface area contributed by atoms with E-state index in [9.17, 15) is 38.4 Å². The van der Waals surface area contributed by atoms with Crippen LogP contribution in [0.4, 0.5) is 0 Å². The maximum Gasteiger partial charge on any atom is 0.303 e. The number of aryl methyl sites for hydroxylation is 12. The molecular weight excluding hydrogens is 1300 g/mol. The highest BCUT2D eigenvalue weighted by Gasteiger charge is 2.10. The van der Waals surface area contributed by atoms with Crippen molar-refractivity contribution in [2.45, 2.75) is 214 Å². The first-order valence-electron chi connectivity index (χ1n) is 31.7. The first-order valence-corrected chi connectivity index (χ1v) is 31.7. The zero-order chi connectivity index (χ0) is 69.6. The van der Waals surface area contributed by atoms with Gasteiger partial charge in [0.25, 0.3) is 0 Å². The highest BCUT2D eigenvalue weighted by molar-refractivity contribution is 5.68. The van der Waals surface area contributed by atoms with E-state index in [0.717, 1.165) is 146 Å². The van der Waals surface area contributed by atoms with Crippen LogP contribution in [-0.2, 0) is 115 Å². The molecule has 6 rings (SSSR count). The monoisotopic (exact) mass is 1430 g/mol. The number of benzene rings is 6. The van der Waals surface area contributed by atoms with Crippen LogP contribution in [0, 0.1) is 0 Å². The van der Waals surface area contributed by atoms with Crippen LogP contribution in [0.15, 0.2) is 127 Å². The Morgan fingerprint density at radius 2 is 0.471 bits per heavy atom. The molecule has 0 saturated carbocycles. The number of aldehydes is 4. The van der Waals surface area contributed by atoms with Crippen LogP contribution >= 0.6 is 0 Å². The lowest BCUT2D eigenvalue weighted by Crippen LogP contribution is -2.01. The molecule has 0 heterocycles. The normalized spacial score (nSPS) is 9.28. The summed E-state index contributed by atoms with van der Waals surface area (Å²) >= 11 is 0. The molecule has 6 aromatic carbocycles. The van der Waals surface area contributed by atoms with Gasteiger partial charge in [0.1, 0.15) is 42.4 Å². The average Bonchev–Trinajstić information content (AvgIpc) is 0.877. The summed E-state index contributed by atoms with van der Waals surface area (Å²) in [7, 11) is 4.79. The van der Waals surface area contributed by atoms with E-state index in [1.54, 1.807) is 26.4 Å². The number of hydrogen-bond acceptors (Lipinski definition) is 15. The third-order valence-electron chi connectivity index (χ3n) is 14.3. The molecule has 0 unspecified atom stereocenters. The summed E-state index contributed by atoms with van der Waals surface area (Å²) in [6.45, 7) is 0.933. The average molecular weight is 1430 g/mol. The minimum absolute atomic E-state index is 0. The number of carbonyl (C=O) groups is 8. The van der Waals surface area contributed by atoms with Gasteiger partial charge >= 0.3 is 23.9 Å². The molecule has 0 atom stereocenters. The second-order valence-corrected chi connectivity index (χ2v) is 21.6. The molecule has 0 aromatic heterocycles. The van der Waals surface area contributed by atoms with Crippen molar-refractivity contribution in [2.24, 2.45) is 0 Å². The van der Waals surface area contributed by atoms with Gasteiger partial charge in [0, 0.05) is 77.8 Å². The number of aliphatic hydroxyl groups is 4. The van der Waals surface area contributed by atoms with Crippen LogP contribution in [0.3, 0.4) is 0 Å². The first-order chi connectivity index (χ1) is 45.5. The van der Waals surface area contributed by atoms with Crippen molar-refractivity contribution < 1.29 is 93.4 Å². The van der Waals surface area contributed by atoms with Gasteiger partial charge in [-0.2, -0.15) is 0 Å². The number of hydrogen-bond donors (Lipinski definition) is 8. The Kier molecular flexibility index (Phi) is 75.4. The molecule has 0 aliphatic carbocycles. The molecule has 0 saturated heterocycles. The van der Waals surface area contributed by atoms with Crippen molar-refractivity contribution in [1.29, 1.82) is 0 Å². The number of methoxy groups -OCH3 is 3. The molecule has 19 nitrogen and oxygen atoms in total. The van der Waals surface area contributed by atoms with Gasteiger partial charge in [-0.1, -0.05) is 169 Å². The van der Waals surface area contributed by atoms with E-state index < -0.39 is 23.9 Å². The van der Waals surface area contributed by atoms with Gasteiger partial charge in [0.2, 0.25) is 0 Å². The number of aliphatic carboxylic acids is 4. The van der Waals surface area contributed by atoms with Gasteiger partial charge < -0.3 is 74.2 Å². The lowest BCUT2D eigenvalue weighted by molar-refractivity contribution is -0.138. The van der Waals surface area contributed by atoms with E-state index in [4.69, 9.17) is 55.1 Å². The van der Waals surface area contributed by atoms with Gasteiger partial charge in [0.15, 0.2) is 0 Å². The molecule has 0 bridgehead atoms. The predicted octanol–water partition coefficient (Wildman–Crippen LogP) is 15.5. The molecule has 19 heteroatoms. The smallest absolute Gasteiger partial charge is 0.303 e. The second kappa shape index (κ2) is 70.6.